The molecule has 1 fully saturated rings. The Labute approximate surface area is 132 Å². The van der Waals surface area contributed by atoms with E-state index in [9.17, 15) is 4.39 Å². The normalized spacial score (nSPS) is 14.2. The van der Waals surface area contributed by atoms with Gasteiger partial charge in [0.15, 0.2) is 0 Å². The standard InChI is InChI=1S/C17H17BrFNO/c1-11-8-12(10-20-14-4-5-14)2-7-16(11)21-17-9-13(19)3-6-15(17)18/h2-3,6-9,14,20H,4-5,10H2,1H3. The van der Waals surface area contributed by atoms with Crippen molar-refractivity contribution in [3.8, 4) is 11.5 Å². The predicted molar refractivity (Wildman–Crippen MR) is 85.2 cm³/mol. The highest BCUT2D eigenvalue weighted by Crippen LogP contribution is 2.32. The smallest absolute Gasteiger partial charge is 0.144 e. The molecule has 0 saturated heterocycles. The van der Waals surface area contributed by atoms with Crippen LogP contribution in [0.4, 0.5) is 4.39 Å². The van der Waals surface area contributed by atoms with Crippen LogP contribution in [0, 0.1) is 12.7 Å². The van der Waals surface area contributed by atoms with E-state index in [1.807, 2.05) is 19.1 Å². The van der Waals surface area contributed by atoms with E-state index >= 15 is 0 Å². The van der Waals surface area contributed by atoms with Crippen LogP contribution >= 0.6 is 15.9 Å². The fourth-order valence-electron chi connectivity index (χ4n) is 2.16. The number of rotatable bonds is 5. The summed E-state index contributed by atoms with van der Waals surface area (Å²) in [5.74, 6) is 0.925. The third-order valence-corrected chi connectivity index (χ3v) is 4.18. The van der Waals surface area contributed by atoms with Crippen molar-refractivity contribution in [3.63, 3.8) is 0 Å². The average molecular weight is 350 g/mol. The van der Waals surface area contributed by atoms with E-state index in [4.69, 9.17) is 4.74 Å². The minimum absolute atomic E-state index is 0.309. The molecule has 0 aliphatic heterocycles. The van der Waals surface area contributed by atoms with Gasteiger partial charge in [-0.2, -0.15) is 0 Å². The molecule has 0 aromatic heterocycles. The van der Waals surface area contributed by atoms with Crippen molar-refractivity contribution in [1.29, 1.82) is 0 Å². The topological polar surface area (TPSA) is 21.3 Å². The highest BCUT2D eigenvalue weighted by molar-refractivity contribution is 9.10. The molecule has 21 heavy (non-hydrogen) atoms. The molecule has 1 aliphatic carbocycles. The molecule has 0 atom stereocenters. The summed E-state index contributed by atoms with van der Waals surface area (Å²) in [6, 6.07) is 11.2. The van der Waals surface area contributed by atoms with E-state index in [0.29, 0.717) is 11.8 Å². The first-order chi connectivity index (χ1) is 10.1. The lowest BCUT2D eigenvalue weighted by Crippen LogP contribution is -2.15. The van der Waals surface area contributed by atoms with Crippen LogP contribution in [0.2, 0.25) is 0 Å². The minimum atomic E-state index is -0.309. The van der Waals surface area contributed by atoms with Crippen LogP contribution in [0.15, 0.2) is 40.9 Å². The molecule has 4 heteroatoms. The second-order valence-electron chi connectivity index (χ2n) is 5.43. The summed E-state index contributed by atoms with van der Waals surface area (Å²) in [5.41, 5.74) is 2.28. The van der Waals surface area contributed by atoms with Gasteiger partial charge in [0.05, 0.1) is 4.47 Å². The van der Waals surface area contributed by atoms with Crippen molar-refractivity contribution in [1.82, 2.24) is 5.32 Å². The lowest BCUT2D eigenvalue weighted by molar-refractivity contribution is 0.470. The van der Waals surface area contributed by atoms with Gasteiger partial charge in [0, 0.05) is 18.7 Å². The fraction of sp³-hybridized carbons (Fsp3) is 0.294. The summed E-state index contributed by atoms with van der Waals surface area (Å²) in [7, 11) is 0. The molecule has 2 nitrogen and oxygen atoms in total. The Kier molecular flexibility index (Phi) is 4.27. The van der Waals surface area contributed by atoms with Gasteiger partial charge < -0.3 is 10.1 Å². The summed E-state index contributed by atoms with van der Waals surface area (Å²) < 4.78 is 19.8. The Morgan fingerprint density at radius 3 is 2.71 bits per heavy atom. The van der Waals surface area contributed by atoms with Crippen LogP contribution in [-0.4, -0.2) is 6.04 Å². The highest BCUT2D eigenvalue weighted by atomic mass is 79.9. The molecule has 1 N–H and O–H groups in total. The molecule has 3 rings (SSSR count). The number of benzene rings is 2. The molecular formula is C17H17BrFNO. The van der Waals surface area contributed by atoms with Gasteiger partial charge in [0.25, 0.3) is 0 Å². The number of hydrogen-bond acceptors (Lipinski definition) is 2. The van der Waals surface area contributed by atoms with Crippen molar-refractivity contribution in [2.24, 2.45) is 0 Å². The lowest BCUT2D eigenvalue weighted by atomic mass is 10.1. The van der Waals surface area contributed by atoms with Gasteiger partial charge in [0.1, 0.15) is 17.3 Å². The van der Waals surface area contributed by atoms with Crippen molar-refractivity contribution >= 4 is 15.9 Å². The molecule has 2 aromatic rings. The molecule has 0 heterocycles. The Morgan fingerprint density at radius 1 is 1.19 bits per heavy atom. The number of aryl methyl sites for hydroxylation is 1. The Balaban J connectivity index is 1.74. The zero-order valence-electron chi connectivity index (χ0n) is 11.8. The van der Waals surface area contributed by atoms with Crippen molar-refractivity contribution in [3.05, 3.63) is 57.8 Å². The van der Waals surface area contributed by atoms with E-state index in [-0.39, 0.29) is 5.82 Å². The third kappa shape index (κ3) is 3.83. The van der Waals surface area contributed by atoms with Crippen molar-refractivity contribution < 1.29 is 9.13 Å². The largest absolute Gasteiger partial charge is 0.456 e. The first-order valence-corrected chi connectivity index (χ1v) is 7.87. The molecule has 2 aromatic carbocycles. The summed E-state index contributed by atoms with van der Waals surface area (Å²) >= 11 is 3.37. The maximum absolute atomic E-state index is 13.3. The zero-order valence-corrected chi connectivity index (χ0v) is 13.4. The summed E-state index contributed by atoms with van der Waals surface area (Å²) in [4.78, 5) is 0. The molecule has 1 saturated carbocycles. The van der Waals surface area contributed by atoms with Gasteiger partial charge in [0.2, 0.25) is 0 Å². The minimum Gasteiger partial charge on any atom is -0.456 e. The van der Waals surface area contributed by atoms with E-state index in [1.54, 1.807) is 6.07 Å². The SMILES string of the molecule is Cc1cc(CNC2CC2)ccc1Oc1cc(F)ccc1Br. The molecular weight excluding hydrogens is 333 g/mol. The summed E-state index contributed by atoms with van der Waals surface area (Å²) in [6.07, 6.45) is 2.57. The second kappa shape index (κ2) is 6.16. The van der Waals surface area contributed by atoms with Crippen LogP contribution < -0.4 is 10.1 Å². The maximum Gasteiger partial charge on any atom is 0.144 e. The number of ether oxygens (including phenoxy) is 1. The third-order valence-electron chi connectivity index (χ3n) is 3.52. The Hall–Kier alpha value is -1.39. The second-order valence-corrected chi connectivity index (χ2v) is 6.29. The molecule has 1 aliphatic rings. The van der Waals surface area contributed by atoms with Crippen molar-refractivity contribution in [2.45, 2.75) is 32.4 Å². The summed E-state index contributed by atoms with van der Waals surface area (Å²) in [6.45, 7) is 2.89. The lowest BCUT2D eigenvalue weighted by Gasteiger charge is -2.12. The first-order valence-electron chi connectivity index (χ1n) is 7.07. The molecule has 0 bridgehead atoms. The quantitative estimate of drug-likeness (QED) is 0.825. The van der Waals surface area contributed by atoms with Gasteiger partial charge in [-0.1, -0.05) is 12.1 Å². The van der Waals surface area contributed by atoms with Gasteiger partial charge in [-0.3, -0.25) is 0 Å². The van der Waals surface area contributed by atoms with Gasteiger partial charge in [-0.25, -0.2) is 4.39 Å². The monoisotopic (exact) mass is 349 g/mol. The first kappa shape index (κ1) is 14.5. The van der Waals surface area contributed by atoms with Crippen LogP contribution in [0.3, 0.4) is 0 Å². The fourth-order valence-corrected chi connectivity index (χ4v) is 2.49. The molecule has 0 amide bonds. The summed E-state index contributed by atoms with van der Waals surface area (Å²) in [5, 5.41) is 3.49. The van der Waals surface area contributed by atoms with Gasteiger partial charge in [-0.05, 0) is 65.0 Å². The molecule has 0 unspecified atom stereocenters. The van der Waals surface area contributed by atoms with Gasteiger partial charge >= 0.3 is 0 Å². The van der Waals surface area contributed by atoms with Crippen molar-refractivity contribution in [2.75, 3.05) is 0 Å². The Morgan fingerprint density at radius 2 is 2.00 bits per heavy atom. The van der Waals surface area contributed by atoms with E-state index in [0.717, 1.165) is 22.3 Å². The zero-order chi connectivity index (χ0) is 14.8. The van der Waals surface area contributed by atoms with Crippen LogP contribution in [0.1, 0.15) is 24.0 Å². The number of hydrogen-bond donors (Lipinski definition) is 1. The molecule has 0 spiro atoms. The number of nitrogens with one attached hydrogen (secondary N) is 1. The van der Waals surface area contributed by atoms with Gasteiger partial charge in [-0.15, -0.1) is 0 Å². The van der Waals surface area contributed by atoms with Crippen LogP contribution in [-0.2, 0) is 6.54 Å². The van der Waals surface area contributed by atoms with E-state index < -0.39 is 0 Å². The molecule has 0 radical (unpaired) electrons. The highest BCUT2D eigenvalue weighted by Gasteiger charge is 2.20. The van der Waals surface area contributed by atoms with Crippen LogP contribution in [0.25, 0.3) is 0 Å². The number of halogens is 2. The van der Waals surface area contributed by atoms with E-state index in [1.165, 1.54) is 30.5 Å². The van der Waals surface area contributed by atoms with E-state index in [2.05, 4.69) is 27.3 Å². The maximum atomic E-state index is 13.3. The predicted octanol–water partition coefficient (Wildman–Crippen LogP) is 4.94. The molecule has 110 valence electrons. The average Bonchev–Trinajstić information content (AvgIpc) is 3.27. The Bertz CT molecular complexity index is 655. The van der Waals surface area contributed by atoms with Crippen LogP contribution in [0.5, 0.6) is 11.5 Å².